The Morgan fingerprint density at radius 2 is 1.93 bits per heavy atom. The molecule has 0 saturated carbocycles. The molecule has 1 rings (SSSR count). The fourth-order valence-electron chi connectivity index (χ4n) is 2.25. The maximum absolute atomic E-state index is 11.9. The van der Waals surface area contributed by atoms with Crippen molar-refractivity contribution in [2.75, 3.05) is 18.2 Å². The van der Waals surface area contributed by atoms with E-state index in [2.05, 4.69) is 13.8 Å². The van der Waals surface area contributed by atoms with Gasteiger partial charge in [0.05, 0.1) is 5.75 Å². The molecule has 3 nitrogen and oxygen atoms in total. The summed E-state index contributed by atoms with van der Waals surface area (Å²) < 4.78 is 25.5. The van der Waals surface area contributed by atoms with Gasteiger partial charge in [0.2, 0.25) is 10.0 Å². The third-order valence-electron chi connectivity index (χ3n) is 3.24. The summed E-state index contributed by atoms with van der Waals surface area (Å²) in [7, 11) is -3.15. The van der Waals surface area contributed by atoms with Crippen molar-refractivity contribution in [3.05, 3.63) is 0 Å². The van der Waals surface area contributed by atoms with Gasteiger partial charge in [-0.05, 0) is 25.2 Å². The number of piperidine rings is 1. The standard InChI is InChI=1S/C10H20ClNO2S/c1-8-6-9(2)10(3)12(7-8)15(13,14)5-4-11/h8-10H,4-7H2,1-3H3. The maximum Gasteiger partial charge on any atom is 0.215 e. The van der Waals surface area contributed by atoms with Crippen LogP contribution in [0.4, 0.5) is 0 Å². The van der Waals surface area contributed by atoms with Crippen molar-refractivity contribution in [3.63, 3.8) is 0 Å². The van der Waals surface area contributed by atoms with Crippen molar-refractivity contribution in [1.29, 1.82) is 0 Å². The van der Waals surface area contributed by atoms with Crippen LogP contribution in [0.3, 0.4) is 0 Å². The van der Waals surface area contributed by atoms with E-state index in [9.17, 15) is 8.42 Å². The van der Waals surface area contributed by atoms with Crippen LogP contribution in [-0.2, 0) is 10.0 Å². The van der Waals surface area contributed by atoms with E-state index in [0.717, 1.165) is 6.42 Å². The minimum atomic E-state index is -3.15. The number of nitrogens with zero attached hydrogens (tertiary/aromatic N) is 1. The number of hydrogen-bond acceptors (Lipinski definition) is 2. The lowest BCUT2D eigenvalue weighted by Crippen LogP contribution is -2.49. The molecule has 1 fully saturated rings. The van der Waals surface area contributed by atoms with Gasteiger partial charge in [0.15, 0.2) is 0 Å². The summed E-state index contributed by atoms with van der Waals surface area (Å²) in [5.74, 6) is 1.10. The quantitative estimate of drug-likeness (QED) is 0.721. The van der Waals surface area contributed by atoms with Gasteiger partial charge >= 0.3 is 0 Å². The Labute approximate surface area is 97.8 Å². The monoisotopic (exact) mass is 253 g/mol. The van der Waals surface area contributed by atoms with Crippen molar-refractivity contribution in [3.8, 4) is 0 Å². The first kappa shape index (κ1) is 13.3. The van der Waals surface area contributed by atoms with Crippen molar-refractivity contribution in [1.82, 2.24) is 4.31 Å². The molecular weight excluding hydrogens is 234 g/mol. The highest BCUT2D eigenvalue weighted by molar-refractivity contribution is 7.89. The fourth-order valence-corrected chi connectivity index (χ4v) is 4.46. The van der Waals surface area contributed by atoms with Crippen LogP contribution in [0.2, 0.25) is 0 Å². The summed E-state index contributed by atoms with van der Waals surface area (Å²) in [4.78, 5) is 0. The molecule has 0 aromatic carbocycles. The van der Waals surface area contributed by atoms with Crippen LogP contribution >= 0.6 is 11.6 Å². The largest absolute Gasteiger partial charge is 0.215 e. The zero-order chi connectivity index (χ0) is 11.6. The molecular formula is C10H20ClNO2S. The molecule has 3 unspecified atom stereocenters. The average Bonchev–Trinajstić information content (AvgIpc) is 2.11. The Bertz CT molecular complexity index is 305. The molecule has 0 aromatic heterocycles. The van der Waals surface area contributed by atoms with E-state index < -0.39 is 10.0 Å². The van der Waals surface area contributed by atoms with E-state index in [1.165, 1.54) is 0 Å². The van der Waals surface area contributed by atoms with Crippen LogP contribution < -0.4 is 0 Å². The van der Waals surface area contributed by atoms with Crippen molar-refractivity contribution in [2.24, 2.45) is 11.8 Å². The highest BCUT2D eigenvalue weighted by Crippen LogP contribution is 2.29. The SMILES string of the molecule is CC1CC(C)C(C)N(S(=O)(=O)CCCl)C1. The van der Waals surface area contributed by atoms with E-state index in [1.807, 2.05) is 6.92 Å². The van der Waals surface area contributed by atoms with Crippen molar-refractivity contribution >= 4 is 21.6 Å². The topological polar surface area (TPSA) is 37.4 Å². The minimum Gasteiger partial charge on any atom is -0.212 e. The molecule has 1 aliphatic heterocycles. The van der Waals surface area contributed by atoms with Gasteiger partial charge in [-0.15, -0.1) is 11.6 Å². The van der Waals surface area contributed by atoms with Crippen molar-refractivity contribution < 1.29 is 8.42 Å². The highest BCUT2D eigenvalue weighted by atomic mass is 35.5. The summed E-state index contributed by atoms with van der Waals surface area (Å²) in [6, 6.07) is 0.106. The van der Waals surface area contributed by atoms with Crippen LogP contribution in [0.25, 0.3) is 0 Å². The lowest BCUT2D eigenvalue weighted by Gasteiger charge is -2.39. The summed E-state index contributed by atoms with van der Waals surface area (Å²) in [5.41, 5.74) is 0. The van der Waals surface area contributed by atoms with E-state index in [-0.39, 0.29) is 17.7 Å². The van der Waals surface area contributed by atoms with Gasteiger partial charge < -0.3 is 0 Å². The Morgan fingerprint density at radius 3 is 2.47 bits per heavy atom. The molecule has 0 amide bonds. The Morgan fingerprint density at radius 1 is 1.33 bits per heavy atom. The molecule has 0 spiro atoms. The van der Waals surface area contributed by atoms with Gasteiger partial charge in [0.25, 0.3) is 0 Å². The molecule has 0 aliphatic carbocycles. The second-order valence-electron chi connectivity index (χ2n) is 4.63. The summed E-state index contributed by atoms with van der Waals surface area (Å²) >= 11 is 5.52. The molecule has 0 N–H and O–H groups in total. The molecule has 0 bridgehead atoms. The first-order valence-corrected chi connectivity index (χ1v) is 7.58. The molecule has 0 aromatic rings. The van der Waals surface area contributed by atoms with E-state index >= 15 is 0 Å². The lowest BCUT2D eigenvalue weighted by molar-refractivity contribution is 0.157. The first-order chi connectivity index (χ1) is 6.88. The zero-order valence-electron chi connectivity index (χ0n) is 9.61. The van der Waals surface area contributed by atoms with Crippen LogP contribution in [0, 0.1) is 11.8 Å². The second kappa shape index (κ2) is 5.02. The van der Waals surface area contributed by atoms with Gasteiger partial charge in [-0.2, -0.15) is 4.31 Å². The Balaban J connectivity index is 2.83. The fraction of sp³-hybridized carbons (Fsp3) is 1.00. The Hall–Kier alpha value is 0.200. The van der Waals surface area contributed by atoms with Gasteiger partial charge in [-0.3, -0.25) is 0 Å². The van der Waals surface area contributed by atoms with Gasteiger partial charge in [-0.25, -0.2) is 8.42 Å². The Kier molecular flexibility index (Phi) is 4.44. The first-order valence-electron chi connectivity index (χ1n) is 5.44. The molecule has 5 heteroatoms. The lowest BCUT2D eigenvalue weighted by atomic mass is 9.88. The third-order valence-corrected chi connectivity index (χ3v) is 5.57. The second-order valence-corrected chi connectivity index (χ2v) is 7.05. The number of alkyl halides is 1. The predicted molar refractivity (Wildman–Crippen MR) is 63.6 cm³/mol. The number of rotatable bonds is 3. The summed E-state index contributed by atoms with van der Waals surface area (Å²) in [6.07, 6.45) is 1.11. The molecule has 0 radical (unpaired) electrons. The third kappa shape index (κ3) is 3.08. The molecule has 1 saturated heterocycles. The van der Waals surface area contributed by atoms with E-state index in [0.29, 0.717) is 18.4 Å². The van der Waals surface area contributed by atoms with Gasteiger partial charge in [-0.1, -0.05) is 13.8 Å². The van der Waals surface area contributed by atoms with Crippen LogP contribution in [0.5, 0.6) is 0 Å². The molecule has 1 aliphatic rings. The highest BCUT2D eigenvalue weighted by Gasteiger charge is 2.35. The molecule has 15 heavy (non-hydrogen) atoms. The zero-order valence-corrected chi connectivity index (χ0v) is 11.2. The van der Waals surface area contributed by atoms with Gasteiger partial charge in [0, 0.05) is 18.5 Å². The number of hydrogen-bond donors (Lipinski definition) is 0. The minimum absolute atomic E-state index is 0.0539. The maximum atomic E-state index is 11.9. The molecule has 3 atom stereocenters. The van der Waals surface area contributed by atoms with Crippen LogP contribution in [0.15, 0.2) is 0 Å². The van der Waals surface area contributed by atoms with Crippen LogP contribution in [0.1, 0.15) is 27.2 Å². The van der Waals surface area contributed by atoms with Crippen molar-refractivity contribution in [2.45, 2.75) is 33.2 Å². The average molecular weight is 254 g/mol. The predicted octanol–water partition coefficient (Wildman–Crippen LogP) is 1.92. The van der Waals surface area contributed by atoms with E-state index in [1.54, 1.807) is 4.31 Å². The summed E-state index contributed by atoms with van der Waals surface area (Å²) in [5, 5.41) is 0. The number of sulfonamides is 1. The number of halogens is 1. The molecule has 90 valence electrons. The normalized spacial score (nSPS) is 34.3. The summed E-state index contributed by atoms with van der Waals surface area (Å²) in [6.45, 7) is 6.85. The van der Waals surface area contributed by atoms with Gasteiger partial charge in [0.1, 0.15) is 0 Å². The molecule has 1 heterocycles. The van der Waals surface area contributed by atoms with Crippen LogP contribution in [-0.4, -0.2) is 36.9 Å². The van der Waals surface area contributed by atoms with E-state index in [4.69, 9.17) is 11.6 Å². The smallest absolute Gasteiger partial charge is 0.212 e.